The summed E-state index contributed by atoms with van der Waals surface area (Å²) in [4.78, 5) is 11.2. The summed E-state index contributed by atoms with van der Waals surface area (Å²) in [6, 6.07) is 0. The van der Waals surface area contributed by atoms with Crippen molar-refractivity contribution < 1.29 is 88.6 Å². The molecule has 3 aliphatic rings. The molecule has 0 aromatic carbocycles. The lowest BCUT2D eigenvalue weighted by atomic mass is 9.96. The summed E-state index contributed by atoms with van der Waals surface area (Å²) in [6.07, 6.45) is -18.0. The van der Waals surface area contributed by atoms with Gasteiger partial charge in [-0.1, -0.05) is 25.7 Å². The first-order chi connectivity index (χ1) is 22.5. The predicted octanol–water partition coefficient (Wildman–Crippen LogP) is -3.99. The van der Waals surface area contributed by atoms with Gasteiger partial charge in [0.2, 0.25) is 0 Å². The highest BCUT2D eigenvalue weighted by Gasteiger charge is 2.54. The number of unbranched alkanes of at least 4 members (excludes halogenated alkanes) is 5. The molecule has 18 nitrogen and oxygen atoms in total. The van der Waals surface area contributed by atoms with Crippen molar-refractivity contribution in [1.29, 1.82) is 0 Å². The maximum absolute atomic E-state index is 11.2. The molecule has 0 saturated carbocycles. The molecule has 3 fully saturated rings. The van der Waals surface area contributed by atoms with E-state index in [-0.39, 0.29) is 12.6 Å². The van der Waals surface area contributed by atoms with Crippen LogP contribution in [0.1, 0.15) is 44.9 Å². The van der Waals surface area contributed by atoms with E-state index in [9.17, 15) is 50.8 Å². The normalized spacial score (nSPS) is 41.1. The molecule has 47 heavy (non-hydrogen) atoms. The lowest BCUT2D eigenvalue weighted by Gasteiger charge is -2.48. The van der Waals surface area contributed by atoms with Gasteiger partial charge in [0, 0.05) is 20.1 Å². The van der Waals surface area contributed by atoms with Crippen molar-refractivity contribution in [3.63, 3.8) is 0 Å². The second-order valence-corrected chi connectivity index (χ2v) is 11.8. The third kappa shape index (κ3) is 10.4. The summed E-state index contributed by atoms with van der Waals surface area (Å²) >= 11 is 0. The standard InChI is InChI=1S/C29H52O18/c1-40-17(33)9-7-5-3-4-6-8-10-42-27-23(39)24(20(36)16(13-32)43-27)46-29-26(22(38)19(35)15(12-31)45-29)47-28-25(41-2)21(37)18(34)14(11-30)44-28/h14-16,18-32,34-39H,3-13H2,1-2H3/t14-,15-,16-,18-,19-,20-,21+,22+,23-,24+,25-,26-,27+,28-,29-/m1/s1. The summed E-state index contributed by atoms with van der Waals surface area (Å²) in [7, 11) is 2.54. The quantitative estimate of drug-likeness (QED) is 0.0490. The van der Waals surface area contributed by atoms with E-state index in [1.165, 1.54) is 14.2 Å². The molecular formula is C29H52O18. The molecule has 15 atom stereocenters. The molecule has 3 heterocycles. The Morgan fingerprint density at radius 2 is 1.02 bits per heavy atom. The van der Waals surface area contributed by atoms with Crippen molar-refractivity contribution in [2.24, 2.45) is 0 Å². The van der Waals surface area contributed by atoms with Crippen LogP contribution in [0.4, 0.5) is 0 Å². The maximum Gasteiger partial charge on any atom is 0.305 e. The van der Waals surface area contributed by atoms with Crippen LogP contribution in [-0.4, -0.2) is 185 Å². The topological polar surface area (TPSA) is 273 Å². The molecule has 0 amide bonds. The highest BCUT2D eigenvalue weighted by molar-refractivity contribution is 5.68. The van der Waals surface area contributed by atoms with Crippen LogP contribution in [0.25, 0.3) is 0 Å². The molecule has 3 saturated heterocycles. The molecule has 0 aromatic heterocycles. The molecule has 0 spiro atoms. The van der Waals surface area contributed by atoms with Gasteiger partial charge in [0.15, 0.2) is 18.9 Å². The van der Waals surface area contributed by atoms with Crippen LogP contribution in [0.3, 0.4) is 0 Å². The number of hydrogen-bond donors (Lipinski definition) is 9. The van der Waals surface area contributed by atoms with Gasteiger partial charge >= 0.3 is 5.97 Å². The Bertz CT molecular complexity index is 899. The zero-order valence-electron chi connectivity index (χ0n) is 26.6. The molecule has 0 radical (unpaired) electrons. The number of carbonyl (C=O) groups excluding carboxylic acids is 1. The Hall–Kier alpha value is -1.17. The monoisotopic (exact) mass is 688 g/mol. The van der Waals surface area contributed by atoms with Gasteiger partial charge in [-0.3, -0.25) is 4.79 Å². The number of aliphatic hydroxyl groups is 9. The number of rotatable bonds is 18. The van der Waals surface area contributed by atoms with Crippen molar-refractivity contribution in [2.75, 3.05) is 40.6 Å². The Kier molecular flexibility index (Phi) is 17.0. The molecular weight excluding hydrogens is 636 g/mol. The second-order valence-electron chi connectivity index (χ2n) is 11.8. The van der Waals surface area contributed by atoms with Crippen molar-refractivity contribution in [3.05, 3.63) is 0 Å². The molecule has 276 valence electrons. The van der Waals surface area contributed by atoms with E-state index in [1.54, 1.807) is 0 Å². The molecule has 18 heteroatoms. The summed E-state index contributed by atoms with van der Waals surface area (Å²) in [5.41, 5.74) is 0. The Labute approximate surface area is 272 Å². The van der Waals surface area contributed by atoms with Gasteiger partial charge in [0.05, 0.1) is 26.9 Å². The van der Waals surface area contributed by atoms with Gasteiger partial charge in [-0.05, 0) is 12.8 Å². The van der Waals surface area contributed by atoms with Gasteiger partial charge in [0.1, 0.15) is 73.2 Å². The molecule has 0 aromatic rings. The number of ether oxygens (including phenoxy) is 8. The Balaban J connectivity index is 1.66. The Morgan fingerprint density at radius 1 is 0.553 bits per heavy atom. The van der Waals surface area contributed by atoms with E-state index >= 15 is 0 Å². The molecule has 0 bridgehead atoms. The molecule has 0 unspecified atom stereocenters. The van der Waals surface area contributed by atoms with Gasteiger partial charge in [-0.2, -0.15) is 0 Å². The Morgan fingerprint density at radius 3 is 1.57 bits per heavy atom. The number of esters is 1. The SMILES string of the molecule is COC(=O)CCCCCCCCO[C@H]1O[C@H](CO)[C@@H](O)[C@H](O[C@H]2O[C@H](CO)[C@@H](O)[C@H](O)[C@H]2O[C@H]2O[C@H](CO)[C@@H](O)[C@H](O)[C@H]2OC)[C@H]1O. The third-order valence-corrected chi connectivity index (χ3v) is 8.61. The minimum atomic E-state index is -1.82. The van der Waals surface area contributed by atoms with E-state index in [0.29, 0.717) is 12.8 Å². The number of hydrogen-bond acceptors (Lipinski definition) is 18. The molecule has 3 aliphatic heterocycles. The molecule has 9 N–H and O–H groups in total. The third-order valence-electron chi connectivity index (χ3n) is 8.61. The fraction of sp³-hybridized carbons (Fsp3) is 0.966. The van der Waals surface area contributed by atoms with Gasteiger partial charge in [-0.25, -0.2) is 0 Å². The van der Waals surface area contributed by atoms with Crippen LogP contribution in [0, 0.1) is 0 Å². The van der Waals surface area contributed by atoms with Crippen LogP contribution in [0.2, 0.25) is 0 Å². The first kappa shape index (κ1) is 40.3. The van der Waals surface area contributed by atoms with Crippen LogP contribution < -0.4 is 0 Å². The summed E-state index contributed by atoms with van der Waals surface area (Å²) in [5.74, 6) is -0.243. The van der Waals surface area contributed by atoms with E-state index in [4.69, 9.17) is 33.2 Å². The van der Waals surface area contributed by atoms with E-state index in [2.05, 4.69) is 4.74 Å². The van der Waals surface area contributed by atoms with Crippen LogP contribution in [-0.2, 0) is 42.7 Å². The van der Waals surface area contributed by atoms with Crippen LogP contribution >= 0.6 is 0 Å². The largest absolute Gasteiger partial charge is 0.469 e. The lowest BCUT2D eigenvalue weighted by molar-refractivity contribution is -0.390. The highest BCUT2D eigenvalue weighted by Crippen LogP contribution is 2.33. The highest BCUT2D eigenvalue weighted by atomic mass is 16.8. The van der Waals surface area contributed by atoms with Crippen molar-refractivity contribution in [2.45, 2.75) is 137 Å². The van der Waals surface area contributed by atoms with E-state index in [1.807, 2.05) is 0 Å². The minimum absolute atomic E-state index is 0.158. The predicted molar refractivity (Wildman–Crippen MR) is 154 cm³/mol. The first-order valence-electron chi connectivity index (χ1n) is 15.9. The average molecular weight is 689 g/mol. The summed E-state index contributed by atoms with van der Waals surface area (Å²) < 4.78 is 44.1. The average Bonchev–Trinajstić information content (AvgIpc) is 3.07. The fourth-order valence-corrected chi connectivity index (χ4v) is 5.77. The summed E-state index contributed by atoms with van der Waals surface area (Å²) in [5, 5.41) is 93.6. The number of carbonyl (C=O) groups is 1. The first-order valence-corrected chi connectivity index (χ1v) is 15.9. The van der Waals surface area contributed by atoms with Crippen molar-refractivity contribution >= 4 is 5.97 Å². The smallest absolute Gasteiger partial charge is 0.305 e. The van der Waals surface area contributed by atoms with Crippen molar-refractivity contribution in [3.8, 4) is 0 Å². The van der Waals surface area contributed by atoms with Gasteiger partial charge in [-0.15, -0.1) is 0 Å². The van der Waals surface area contributed by atoms with Crippen molar-refractivity contribution in [1.82, 2.24) is 0 Å². The number of aliphatic hydroxyl groups excluding tert-OH is 9. The minimum Gasteiger partial charge on any atom is -0.469 e. The van der Waals surface area contributed by atoms with Crippen LogP contribution in [0.5, 0.6) is 0 Å². The maximum atomic E-state index is 11.2. The second kappa shape index (κ2) is 19.9. The zero-order chi connectivity index (χ0) is 34.7. The lowest BCUT2D eigenvalue weighted by Crippen LogP contribution is -2.67. The van der Waals surface area contributed by atoms with E-state index < -0.39 is 112 Å². The van der Waals surface area contributed by atoms with Gasteiger partial charge in [0.25, 0.3) is 0 Å². The summed E-state index contributed by atoms with van der Waals surface area (Å²) in [6.45, 7) is -2.00. The number of methoxy groups -OCH3 is 2. The van der Waals surface area contributed by atoms with Gasteiger partial charge < -0.3 is 83.9 Å². The van der Waals surface area contributed by atoms with Crippen LogP contribution in [0.15, 0.2) is 0 Å². The molecule has 3 rings (SSSR count). The fourth-order valence-electron chi connectivity index (χ4n) is 5.77. The van der Waals surface area contributed by atoms with E-state index in [0.717, 1.165) is 32.1 Å². The zero-order valence-corrected chi connectivity index (χ0v) is 26.6. The molecule has 0 aliphatic carbocycles.